The molecule has 0 aliphatic heterocycles. The largest absolute Gasteiger partial charge is 0.496 e. The average Bonchev–Trinajstić information content (AvgIpc) is 2.61. The van der Waals surface area contributed by atoms with Crippen LogP contribution in [-0.4, -0.2) is 38.7 Å². The predicted molar refractivity (Wildman–Crippen MR) is 101 cm³/mol. The molecular formula is C19H24ClN3O2. The molecule has 0 radical (unpaired) electrons. The molecule has 0 spiro atoms. The molecule has 134 valence electrons. The second-order valence-corrected chi connectivity index (χ2v) is 6.35. The molecule has 2 amide bonds. The van der Waals surface area contributed by atoms with Crippen molar-refractivity contribution in [3.8, 4) is 5.75 Å². The van der Waals surface area contributed by atoms with Crippen LogP contribution in [0, 0.1) is 0 Å². The molecule has 2 aromatic carbocycles. The number of carbonyl (C=O) groups is 1. The molecule has 0 aromatic heterocycles. The van der Waals surface area contributed by atoms with Gasteiger partial charge in [-0.2, -0.15) is 0 Å². The number of urea groups is 1. The molecule has 0 aliphatic rings. The van der Waals surface area contributed by atoms with E-state index in [-0.39, 0.29) is 12.1 Å². The number of benzene rings is 2. The normalized spacial score (nSPS) is 11.9. The van der Waals surface area contributed by atoms with E-state index < -0.39 is 0 Å². The predicted octanol–water partition coefficient (Wildman–Crippen LogP) is 3.45. The van der Waals surface area contributed by atoms with Gasteiger partial charge in [0, 0.05) is 23.7 Å². The number of rotatable bonds is 7. The SMILES string of the molecule is COc1ccccc1C(CNC(=O)NCc1ccc(Cl)cc1)N(C)C. The number of likely N-dealkylation sites (N-methyl/N-ethyl adjacent to an activating group) is 1. The lowest BCUT2D eigenvalue weighted by atomic mass is 10.0. The van der Waals surface area contributed by atoms with Crippen molar-refractivity contribution in [1.29, 1.82) is 0 Å². The van der Waals surface area contributed by atoms with Gasteiger partial charge in [0.2, 0.25) is 0 Å². The molecule has 1 atom stereocenters. The fourth-order valence-corrected chi connectivity index (χ4v) is 2.67. The lowest BCUT2D eigenvalue weighted by Crippen LogP contribution is -2.40. The third-order valence-electron chi connectivity index (χ3n) is 3.94. The van der Waals surface area contributed by atoms with Gasteiger partial charge in [0.25, 0.3) is 0 Å². The summed E-state index contributed by atoms with van der Waals surface area (Å²) in [6.45, 7) is 0.921. The summed E-state index contributed by atoms with van der Waals surface area (Å²) in [6.07, 6.45) is 0. The van der Waals surface area contributed by atoms with Crippen LogP contribution < -0.4 is 15.4 Å². The summed E-state index contributed by atoms with van der Waals surface area (Å²) in [6, 6.07) is 15.0. The van der Waals surface area contributed by atoms with Crippen molar-refractivity contribution >= 4 is 17.6 Å². The topological polar surface area (TPSA) is 53.6 Å². The lowest BCUT2D eigenvalue weighted by Gasteiger charge is -2.26. The number of hydrogen-bond acceptors (Lipinski definition) is 3. The quantitative estimate of drug-likeness (QED) is 0.794. The van der Waals surface area contributed by atoms with E-state index in [1.165, 1.54) is 0 Å². The average molecular weight is 362 g/mol. The molecule has 2 N–H and O–H groups in total. The van der Waals surface area contributed by atoms with Gasteiger partial charge in [-0.05, 0) is 37.9 Å². The van der Waals surface area contributed by atoms with E-state index in [9.17, 15) is 4.79 Å². The Kier molecular flexibility index (Phi) is 7.10. The number of nitrogens with zero attached hydrogens (tertiary/aromatic N) is 1. The molecule has 25 heavy (non-hydrogen) atoms. The molecular weight excluding hydrogens is 338 g/mol. The van der Waals surface area contributed by atoms with Crippen molar-refractivity contribution in [1.82, 2.24) is 15.5 Å². The first kappa shape index (κ1) is 19.1. The van der Waals surface area contributed by atoms with Crippen molar-refractivity contribution in [3.63, 3.8) is 0 Å². The maximum atomic E-state index is 12.1. The van der Waals surface area contributed by atoms with Gasteiger partial charge in [0.15, 0.2) is 0 Å². The minimum atomic E-state index is -0.211. The van der Waals surface area contributed by atoms with Crippen LogP contribution in [0.2, 0.25) is 5.02 Å². The van der Waals surface area contributed by atoms with E-state index in [0.717, 1.165) is 16.9 Å². The van der Waals surface area contributed by atoms with Gasteiger partial charge in [-0.3, -0.25) is 0 Å². The van der Waals surface area contributed by atoms with Crippen LogP contribution in [0.25, 0.3) is 0 Å². The Labute approximate surface area is 153 Å². The van der Waals surface area contributed by atoms with Gasteiger partial charge in [-0.1, -0.05) is 41.9 Å². The van der Waals surface area contributed by atoms with E-state index in [0.29, 0.717) is 18.1 Å². The molecule has 0 saturated carbocycles. The summed E-state index contributed by atoms with van der Waals surface area (Å²) in [4.78, 5) is 14.2. The minimum Gasteiger partial charge on any atom is -0.496 e. The van der Waals surface area contributed by atoms with E-state index in [1.54, 1.807) is 19.2 Å². The molecule has 0 aliphatic carbocycles. The van der Waals surface area contributed by atoms with Crippen LogP contribution in [0.4, 0.5) is 4.79 Å². The molecule has 0 bridgehead atoms. The Bertz CT molecular complexity index is 689. The van der Waals surface area contributed by atoms with Crippen LogP contribution in [0.1, 0.15) is 17.2 Å². The van der Waals surface area contributed by atoms with Crippen molar-refractivity contribution in [2.24, 2.45) is 0 Å². The second kappa shape index (κ2) is 9.30. The highest BCUT2D eigenvalue weighted by Crippen LogP contribution is 2.27. The number of para-hydroxylation sites is 1. The van der Waals surface area contributed by atoms with Crippen LogP contribution in [0.5, 0.6) is 5.75 Å². The van der Waals surface area contributed by atoms with Gasteiger partial charge >= 0.3 is 6.03 Å². The number of ether oxygens (including phenoxy) is 1. The highest BCUT2D eigenvalue weighted by atomic mass is 35.5. The zero-order valence-corrected chi connectivity index (χ0v) is 15.5. The number of halogens is 1. The molecule has 1 unspecified atom stereocenters. The third kappa shape index (κ3) is 5.66. The fourth-order valence-electron chi connectivity index (χ4n) is 2.55. The summed E-state index contributed by atoms with van der Waals surface area (Å²) < 4.78 is 5.43. The smallest absolute Gasteiger partial charge is 0.315 e. The van der Waals surface area contributed by atoms with Gasteiger partial charge in [0.1, 0.15) is 5.75 Å². The molecule has 0 saturated heterocycles. The zero-order chi connectivity index (χ0) is 18.2. The molecule has 5 nitrogen and oxygen atoms in total. The van der Waals surface area contributed by atoms with Gasteiger partial charge in [-0.15, -0.1) is 0 Å². The van der Waals surface area contributed by atoms with E-state index in [1.807, 2.05) is 50.5 Å². The number of nitrogens with one attached hydrogen (secondary N) is 2. The van der Waals surface area contributed by atoms with Crippen LogP contribution >= 0.6 is 11.6 Å². The van der Waals surface area contributed by atoms with Crippen molar-refractivity contribution < 1.29 is 9.53 Å². The molecule has 2 rings (SSSR count). The maximum Gasteiger partial charge on any atom is 0.315 e. The van der Waals surface area contributed by atoms with Gasteiger partial charge < -0.3 is 20.3 Å². The van der Waals surface area contributed by atoms with Crippen molar-refractivity contribution in [2.75, 3.05) is 27.7 Å². The van der Waals surface area contributed by atoms with Crippen molar-refractivity contribution in [2.45, 2.75) is 12.6 Å². The number of methoxy groups -OCH3 is 1. The first-order valence-electron chi connectivity index (χ1n) is 8.06. The second-order valence-electron chi connectivity index (χ2n) is 5.91. The van der Waals surface area contributed by atoms with E-state index in [2.05, 4.69) is 15.5 Å². The van der Waals surface area contributed by atoms with Crippen LogP contribution in [-0.2, 0) is 6.54 Å². The number of carbonyl (C=O) groups excluding carboxylic acids is 1. The summed E-state index contributed by atoms with van der Waals surface area (Å²) in [5.41, 5.74) is 2.03. The fraction of sp³-hybridized carbons (Fsp3) is 0.316. The van der Waals surface area contributed by atoms with Gasteiger partial charge in [-0.25, -0.2) is 4.79 Å². The summed E-state index contributed by atoms with van der Waals surface area (Å²) in [7, 11) is 5.60. The Hall–Kier alpha value is -2.24. The lowest BCUT2D eigenvalue weighted by molar-refractivity contribution is 0.231. The van der Waals surface area contributed by atoms with Gasteiger partial charge in [0.05, 0.1) is 13.2 Å². The summed E-state index contributed by atoms with van der Waals surface area (Å²) in [5, 5.41) is 6.45. The molecule has 0 heterocycles. The standard InChI is InChI=1S/C19H24ClN3O2/c1-23(2)17(16-6-4-5-7-18(16)25-3)13-22-19(24)21-12-14-8-10-15(20)11-9-14/h4-11,17H,12-13H2,1-3H3,(H2,21,22,24). The third-order valence-corrected chi connectivity index (χ3v) is 4.20. The van der Waals surface area contributed by atoms with E-state index in [4.69, 9.17) is 16.3 Å². The first-order chi connectivity index (χ1) is 12.0. The highest BCUT2D eigenvalue weighted by Gasteiger charge is 2.18. The van der Waals surface area contributed by atoms with Crippen molar-refractivity contribution in [3.05, 3.63) is 64.7 Å². The summed E-state index contributed by atoms with van der Waals surface area (Å²) >= 11 is 5.86. The van der Waals surface area contributed by atoms with Crippen LogP contribution in [0.3, 0.4) is 0 Å². The number of hydrogen-bond donors (Lipinski definition) is 2. The molecule has 2 aromatic rings. The highest BCUT2D eigenvalue weighted by molar-refractivity contribution is 6.30. The molecule has 0 fully saturated rings. The summed E-state index contributed by atoms with van der Waals surface area (Å²) in [5.74, 6) is 0.810. The Balaban J connectivity index is 1.92. The first-order valence-corrected chi connectivity index (χ1v) is 8.44. The number of amides is 2. The Morgan fingerprint density at radius 1 is 1.12 bits per heavy atom. The maximum absolute atomic E-state index is 12.1. The zero-order valence-electron chi connectivity index (χ0n) is 14.8. The minimum absolute atomic E-state index is 0.0115. The van der Waals surface area contributed by atoms with E-state index >= 15 is 0 Å². The Morgan fingerprint density at radius 3 is 2.44 bits per heavy atom. The van der Waals surface area contributed by atoms with Crippen LogP contribution in [0.15, 0.2) is 48.5 Å². The Morgan fingerprint density at radius 2 is 1.80 bits per heavy atom. The monoisotopic (exact) mass is 361 g/mol. The molecule has 6 heteroatoms.